The molecule has 1 saturated heterocycles. The minimum absolute atomic E-state index is 0.0187. The van der Waals surface area contributed by atoms with Gasteiger partial charge in [-0.05, 0) is 30.9 Å². The molecule has 8 nitrogen and oxygen atoms in total. The van der Waals surface area contributed by atoms with E-state index < -0.39 is 11.9 Å². The number of nitrogens with two attached hydrogens (primary N) is 1. The first-order valence-electron chi connectivity index (χ1n) is 8.45. The van der Waals surface area contributed by atoms with E-state index in [0.717, 1.165) is 0 Å². The average molecular weight is 369 g/mol. The van der Waals surface area contributed by atoms with Gasteiger partial charge in [-0.15, -0.1) is 0 Å². The molecule has 1 aliphatic heterocycles. The highest BCUT2D eigenvalue weighted by molar-refractivity contribution is 6.02. The molecule has 1 aromatic carbocycles. The van der Waals surface area contributed by atoms with Crippen molar-refractivity contribution in [2.45, 2.75) is 19.4 Å². The van der Waals surface area contributed by atoms with Crippen LogP contribution in [0.25, 0.3) is 10.8 Å². The standard InChI is InChI=1S/C18H16FN5O3/c1-8-7-27-18(26)24(8)13-3-9-4-14(22-6-12(9)16(21)15(13)19)23-17(25)11-2-10(11)5-20/h3-4,6,8,10-11H,2,7,21H2,1H3,(H,22,23,25)/t8-,10?,11-/m1/s1. The zero-order valence-corrected chi connectivity index (χ0v) is 14.4. The van der Waals surface area contributed by atoms with Crippen LogP contribution in [0.15, 0.2) is 18.3 Å². The fourth-order valence-electron chi connectivity index (χ4n) is 3.22. The first-order chi connectivity index (χ1) is 12.9. The van der Waals surface area contributed by atoms with Crippen molar-refractivity contribution in [3.05, 3.63) is 24.1 Å². The first-order valence-corrected chi connectivity index (χ1v) is 8.45. The number of hydrogen-bond donors (Lipinski definition) is 2. The lowest BCUT2D eigenvalue weighted by Gasteiger charge is -2.20. The van der Waals surface area contributed by atoms with Gasteiger partial charge in [0, 0.05) is 11.6 Å². The highest BCUT2D eigenvalue weighted by Crippen LogP contribution is 2.39. The van der Waals surface area contributed by atoms with Gasteiger partial charge in [-0.2, -0.15) is 5.26 Å². The second-order valence-electron chi connectivity index (χ2n) is 6.78. The Balaban J connectivity index is 1.70. The maximum Gasteiger partial charge on any atom is 0.414 e. The van der Waals surface area contributed by atoms with Crippen molar-refractivity contribution in [1.29, 1.82) is 5.26 Å². The molecule has 3 N–H and O–H groups in total. The summed E-state index contributed by atoms with van der Waals surface area (Å²) in [6.07, 6.45) is 1.26. The molecule has 0 bridgehead atoms. The van der Waals surface area contributed by atoms with Gasteiger partial charge in [-0.1, -0.05) is 0 Å². The lowest BCUT2D eigenvalue weighted by molar-refractivity contribution is -0.117. The third-order valence-electron chi connectivity index (χ3n) is 4.87. The van der Waals surface area contributed by atoms with E-state index in [1.54, 1.807) is 13.0 Å². The number of cyclic esters (lactones) is 1. The van der Waals surface area contributed by atoms with Crippen LogP contribution in [0.5, 0.6) is 0 Å². The number of ether oxygens (including phenoxy) is 1. The van der Waals surface area contributed by atoms with Crippen LogP contribution in [0.4, 0.5) is 26.4 Å². The molecule has 2 amide bonds. The van der Waals surface area contributed by atoms with Crippen LogP contribution in [0.3, 0.4) is 0 Å². The Bertz CT molecular complexity index is 1020. The van der Waals surface area contributed by atoms with Crippen molar-refractivity contribution < 1.29 is 18.7 Å². The smallest absolute Gasteiger partial charge is 0.414 e. The normalized spacial score (nSPS) is 23.8. The third-order valence-corrected chi connectivity index (χ3v) is 4.87. The van der Waals surface area contributed by atoms with Crippen LogP contribution < -0.4 is 16.0 Å². The quantitative estimate of drug-likeness (QED) is 0.801. The number of nitrogen functional groups attached to an aromatic ring is 1. The van der Waals surface area contributed by atoms with Crippen molar-refractivity contribution >= 4 is 40.0 Å². The van der Waals surface area contributed by atoms with Crippen molar-refractivity contribution in [2.24, 2.45) is 11.8 Å². The third kappa shape index (κ3) is 2.79. The molecule has 2 heterocycles. The zero-order valence-electron chi connectivity index (χ0n) is 14.4. The fraction of sp³-hybridized carbons (Fsp3) is 0.333. The fourth-order valence-corrected chi connectivity index (χ4v) is 3.22. The average Bonchev–Trinajstić information content (AvgIpc) is 3.37. The number of pyridine rings is 1. The number of nitrogens with zero attached hydrogens (tertiary/aromatic N) is 3. The molecule has 1 aromatic heterocycles. The predicted molar refractivity (Wildman–Crippen MR) is 95.2 cm³/mol. The molecule has 2 fully saturated rings. The summed E-state index contributed by atoms with van der Waals surface area (Å²) in [5.74, 6) is -1.32. The van der Waals surface area contributed by atoms with Crippen molar-refractivity contribution in [1.82, 2.24) is 4.98 Å². The van der Waals surface area contributed by atoms with Crippen molar-refractivity contribution in [2.75, 3.05) is 22.6 Å². The first kappa shape index (κ1) is 17.0. The van der Waals surface area contributed by atoms with Crippen LogP contribution in [0.1, 0.15) is 13.3 Å². The van der Waals surface area contributed by atoms with Crippen LogP contribution in [0, 0.1) is 29.0 Å². The summed E-state index contributed by atoms with van der Waals surface area (Å²) in [5.41, 5.74) is 5.79. The highest BCUT2D eigenvalue weighted by atomic mass is 19.1. The molecule has 9 heteroatoms. The summed E-state index contributed by atoms with van der Waals surface area (Å²) in [6.45, 7) is 1.90. The Hall–Kier alpha value is -3.41. The summed E-state index contributed by atoms with van der Waals surface area (Å²) in [6, 6.07) is 4.77. The van der Waals surface area contributed by atoms with E-state index in [1.165, 1.54) is 17.2 Å². The Morgan fingerprint density at radius 3 is 2.93 bits per heavy atom. The lowest BCUT2D eigenvalue weighted by atomic mass is 10.1. The van der Waals surface area contributed by atoms with Gasteiger partial charge < -0.3 is 15.8 Å². The molecular formula is C18H16FN5O3. The molecule has 3 atom stereocenters. The summed E-state index contributed by atoms with van der Waals surface area (Å²) < 4.78 is 19.7. The number of nitrogens with one attached hydrogen (secondary N) is 1. The van der Waals surface area contributed by atoms with Crippen LogP contribution in [-0.2, 0) is 9.53 Å². The topological polar surface area (TPSA) is 121 Å². The number of fused-ring (bicyclic) bond motifs is 1. The number of rotatable bonds is 3. The number of halogens is 1. The number of carbonyl (C=O) groups excluding carboxylic acids is 2. The zero-order chi connectivity index (χ0) is 19.3. The Morgan fingerprint density at radius 1 is 1.52 bits per heavy atom. The molecule has 1 saturated carbocycles. The number of benzene rings is 1. The Labute approximate surface area is 153 Å². The number of carbonyl (C=O) groups is 2. The molecule has 2 aromatic rings. The molecule has 0 radical (unpaired) electrons. The van der Waals surface area contributed by atoms with Gasteiger partial charge in [0.25, 0.3) is 0 Å². The molecule has 1 unspecified atom stereocenters. The molecule has 0 spiro atoms. The minimum atomic E-state index is -0.721. The molecule has 27 heavy (non-hydrogen) atoms. The molecular weight excluding hydrogens is 353 g/mol. The van der Waals surface area contributed by atoms with E-state index >= 15 is 0 Å². The second kappa shape index (κ2) is 6.09. The van der Waals surface area contributed by atoms with Gasteiger partial charge in [0.05, 0.1) is 35.3 Å². The summed E-state index contributed by atoms with van der Waals surface area (Å²) >= 11 is 0. The summed E-state index contributed by atoms with van der Waals surface area (Å²) in [7, 11) is 0. The minimum Gasteiger partial charge on any atom is -0.447 e. The van der Waals surface area contributed by atoms with E-state index in [2.05, 4.69) is 16.4 Å². The van der Waals surface area contributed by atoms with Gasteiger partial charge in [-0.25, -0.2) is 14.2 Å². The summed E-state index contributed by atoms with van der Waals surface area (Å²) in [5, 5.41) is 12.4. The van der Waals surface area contributed by atoms with Crippen LogP contribution in [0.2, 0.25) is 0 Å². The van der Waals surface area contributed by atoms with Crippen LogP contribution in [-0.4, -0.2) is 29.6 Å². The largest absolute Gasteiger partial charge is 0.447 e. The predicted octanol–water partition coefficient (Wildman–Crippen LogP) is 2.40. The van der Waals surface area contributed by atoms with Crippen molar-refractivity contribution in [3.8, 4) is 6.07 Å². The van der Waals surface area contributed by atoms with E-state index in [9.17, 15) is 14.0 Å². The molecule has 4 rings (SSSR count). The molecule has 138 valence electrons. The molecule has 1 aliphatic carbocycles. The van der Waals surface area contributed by atoms with Crippen molar-refractivity contribution in [3.63, 3.8) is 0 Å². The summed E-state index contributed by atoms with van der Waals surface area (Å²) in [4.78, 5) is 29.4. The van der Waals surface area contributed by atoms with E-state index in [0.29, 0.717) is 17.2 Å². The highest BCUT2D eigenvalue weighted by Gasteiger charge is 2.43. The van der Waals surface area contributed by atoms with Crippen LogP contribution >= 0.6 is 0 Å². The SMILES string of the molecule is C[C@@H]1COC(=O)N1c1cc2cc(NC(=O)[C@@H]3CC3C#N)ncc2c(N)c1F. The second-order valence-corrected chi connectivity index (χ2v) is 6.78. The maximum absolute atomic E-state index is 14.7. The monoisotopic (exact) mass is 369 g/mol. The van der Waals surface area contributed by atoms with Gasteiger partial charge in [0.2, 0.25) is 5.91 Å². The maximum atomic E-state index is 14.7. The number of anilines is 3. The molecule has 2 aliphatic rings. The lowest BCUT2D eigenvalue weighted by Crippen LogP contribution is -2.31. The van der Waals surface area contributed by atoms with Gasteiger partial charge in [0.15, 0.2) is 5.82 Å². The Kier molecular flexibility index (Phi) is 3.84. The van der Waals surface area contributed by atoms with E-state index in [-0.39, 0.29) is 47.6 Å². The number of aromatic nitrogens is 1. The van der Waals surface area contributed by atoms with Gasteiger partial charge in [-0.3, -0.25) is 9.69 Å². The van der Waals surface area contributed by atoms with E-state index in [4.69, 9.17) is 15.7 Å². The number of amides is 2. The van der Waals surface area contributed by atoms with Gasteiger partial charge >= 0.3 is 6.09 Å². The van der Waals surface area contributed by atoms with E-state index in [1.807, 2.05) is 0 Å². The Morgan fingerprint density at radius 2 is 2.30 bits per heavy atom. The number of hydrogen-bond acceptors (Lipinski definition) is 6. The van der Waals surface area contributed by atoms with Gasteiger partial charge in [0.1, 0.15) is 12.4 Å². The number of nitriles is 1.